The molecule has 7 nitrogen and oxygen atoms in total. The SMILES string of the molecule is CCOCCCn1c(=C(C#N)C#N)s/c(=C/c2ccc(OC(F)F)c(OC)c2)c1=O. The Morgan fingerprint density at radius 1 is 1.30 bits per heavy atom. The van der Waals surface area contributed by atoms with E-state index >= 15 is 0 Å². The topological polar surface area (TPSA) is 97.3 Å². The van der Waals surface area contributed by atoms with E-state index in [1.54, 1.807) is 0 Å². The number of ether oxygens (including phenoxy) is 3. The summed E-state index contributed by atoms with van der Waals surface area (Å²) < 4.78 is 41.6. The second-order valence-electron chi connectivity index (χ2n) is 5.81. The smallest absolute Gasteiger partial charge is 0.387 e. The van der Waals surface area contributed by atoms with Gasteiger partial charge in [0, 0.05) is 19.8 Å². The van der Waals surface area contributed by atoms with Crippen molar-refractivity contribution in [3.63, 3.8) is 0 Å². The molecule has 2 rings (SSSR count). The monoisotopic (exact) mass is 435 g/mol. The summed E-state index contributed by atoms with van der Waals surface area (Å²) in [6.07, 6.45) is 2.07. The summed E-state index contributed by atoms with van der Waals surface area (Å²) in [5.74, 6) is -0.0476. The van der Waals surface area contributed by atoms with Crippen molar-refractivity contribution in [1.82, 2.24) is 4.57 Å². The first-order valence-electron chi connectivity index (χ1n) is 8.91. The first-order valence-corrected chi connectivity index (χ1v) is 9.73. The van der Waals surface area contributed by atoms with Gasteiger partial charge in [0.05, 0.1) is 11.6 Å². The molecule has 0 bridgehead atoms. The van der Waals surface area contributed by atoms with Gasteiger partial charge in [0.25, 0.3) is 5.56 Å². The van der Waals surface area contributed by atoms with Gasteiger partial charge in [-0.15, -0.1) is 11.3 Å². The molecule has 30 heavy (non-hydrogen) atoms. The second kappa shape index (κ2) is 11.1. The van der Waals surface area contributed by atoms with Crippen LogP contribution in [0.15, 0.2) is 23.0 Å². The Bertz CT molecular complexity index is 1130. The van der Waals surface area contributed by atoms with Gasteiger partial charge in [0.2, 0.25) is 0 Å². The number of benzene rings is 1. The highest BCUT2D eigenvalue weighted by Gasteiger charge is 2.12. The summed E-state index contributed by atoms with van der Waals surface area (Å²) in [5, 5.41) is 18.5. The molecule has 0 amide bonds. The van der Waals surface area contributed by atoms with Crippen LogP contribution in [0.25, 0.3) is 11.6 Å². The normalized spacial score (nSPS) is 11.2. The maximum atomic E-state index is 12.9. The zero-order valence-corrected chi connectivity index (χ0v) is 17.2. The molecule has 0 aliphatic rings. The standard InChI is InChI=1S/C20H19F2N3O4S/c1-3-28-8-4-7-25-18(26)17(30-19(25)14(11-23)12-24)10-13-5-6-15(29-20(21)22)16(9-13)27-2/h5-6,9-10,20H,3-4,7-8H2,1-2H3/b17-10+. The first-order chi connectivity index (χ1) is 14.4. The lowest BCUT2D eigenvalue weighted by atomic mass is 10.2. The molecule has 158 valence electrons. The molecular weight excluding hydrogens is 416 g/mol. The minimum absolute atomic E-state index is 0.0826. The number of aromatic nitrogens is 1. The number of rotatable bonds is 9. The third kappa shape index (κ3) is 5.66. The fourth-order valence-electron chi connectivity index (χ4n) is 2.62. The molecule has 10 heteroatoms. The Labute approximate surface area is 175 Å². The largest absolute Gasteiger partial charge is 0.493 e. The van der Waals surface area contributed by atoms with Crippen LogP contribution >= 0.6 is 11.3 Å². The molecule has 1 aromatic heterocycles. The first kappa shape index (κ1) is 23.1. The van der Waals surface area contributed by atoms with Gasteiger partial charge in [-0.2, -0.15) is 19.3 Å². The van der Waals surface area contributed by atoms with Crippen LogP contribution in [-0.4, -0.2) is 31.5 Å². The molecule has 0 saturated carbocycles. The average molecular weight is 435 g/mol. The molecule has 0 saturated heterocycles. The molecular formula is C20H19F2N3O4S. The minimum atomic E-state index is -3.00. The van der Waals surface area contributed by atoms with E-state index in [4.69, 9.17) is 9.47 Å². The predicted octanol–water partition coefficient (Wildman–Crippen LogP) is 1.97. The van der Waals surface area contributed by atoms with E-state index in [1.165, 1.54) is 36.0 Å². The van der Waals surface area contributed by atoms with Crippen LogP contribution in [-0.2, 0) is 11.3 Å². The fraction of sp³-hybridized carbons (Fsp3) is 0.350. The van der Waals surface area contributed by atoms with Gasteiger partial charge in [0.1, 0.15) is 16.8 Å². The molecule has 0 fully saturated rings. The molecule has 2 aromatic rings. The maximum absolute atomic E-state index is 12.9. The zero-order chi connectivity index (χ0) is 22.1. The summed E-state index contributed by atoms with van der Waals surface area (Å²) in [5.41, 5.74) is -0.0110. The highest BCUT2D eigenvalue weighted by molar-refractivity contribution is 7.07. The molecule has 0 atom stereocenters. The molecule has 0 radical (unpaired) electrons. The Kier molecular flexibility index (Phi) is 8.54. The van der Waals surface area contributed by atoms with E-state index in [-0.39, 0.29) is 38.4 Å². The number of halogens is 2. The lowest BCUT2D eigenvalue weighted by Gasteiger charge is -2.09. The van der Waals surface area contributed by atoms with Gasteiger partial charge in [-0.1, -0.05) is 6.07 Å². The van der Waals surface area contributed by atoms with Gasteiger partial charge in [-0.3, -0.25) is 9.36 Å². The molecule has 0 aliphatic heterocycles. The third-order valence-corrected chi connectivity index (χ3v) is 5.05. The van der Waals surface area contributed by atoms with Crippen LogP contribution in [0.4, 0.5) is 8.78 Å². The van der Waals surface area contributed by atoms with Crippen molar-refractivity contribution in [1.29, 1.82) is 10.5 Å². The van der Waals surface area contributed by atoms with Crippen LogP contribution in [0.3, 0.4) is 0 Å². The summed E-state index contributed by atoms with van der Waals surface area (Å²) in [7, 11) is 1.31. The van der Waals surface area contributed by atoms with Crippen LogP contribution < -0.4 is 24.2 Å². The Balaban J connectivity index is 2.56. The number of nitriles is 2. The van der Waals surface area contributed by atoms with E-state index < -0.39 is 6.61 Å². The Morgan fingerprint density at radius 2 is 2.03 bits per heavy atom. The molecule has 0 spiro atoms. The van der Waals surface area contributed by atoms with Crippen LogP contribution in [0.1, 0.15) is 18.9 Å². The average Bonchev–Trinajstić information content (AvgIpc) is 3.02. The molecule has 0 unspecified atom stereocenters. The van der Waals surface area contributed by atoms with Crippen molar-refractivity contribution >= 4 is 23.0 Å². The molecule has 1 aromatic carbocycles. The van der Waals surface area contributed by atoms with Crippen molar-refractivity contribution < 1.29 is 23.0 Å². The molecule has 0 N–H and O–H groups in total. The van der Waals surface area contributed by atoms with Crippen LogP contribution in [0.5, 0.6) is 11.5 Å². The number of hydrogen-bond acceptors (Lipinski definition) is 7. The van der Waals surface area contributed by atoms with Gasteiger partial charge in [-0.05, 0) is 37.1 Å². The van der Waals surface area contributed by atoms with Crippen molar-refractivity contribution in [2.24, 2.45) is 0 Å². The second-order valence-corrected chi connectivity index (χ2v) is 6.84. The van der Waals surface area contributed by atoms with E-state index in [1.807, 2.05) is 19.1 Å². The Hall–Kier alpha value is -3.21. The van der Waals surface area contributed by atoms with Crippen molar-refractivity contribution in [2.45, 2.75) is 26.5 Å². The Morgan fingerprint density at radius 3 is 2.63 bits per heavy atom. The lowest BCUT2D eigenvalue weighted by Crippen LogP contribution is -2.32. The number of methoxy groups -OCH3 is 1. The summed E-state index contributed by atoms with van der Waals surface area (Å²) in [4.78, 5) is 12.9. The van der Waals surface area contributed by atoms with Gasteiger partial charge < -0.3 is 14.2 Å². The number of hydrogen-bond donors (Lipinski definition) is 0. The van der Waals surface area contributed by atoms with Gasteiger partial charge >= 0.3 is 6.61 Å². The number of alkyl halides is 2. The summed E-state index contributed by atoms with van der Waals surface area (Å²) in [6.45, 7) is 0.136. The predicted molar refractivity (Wildman–Crippen MR) is 107 cm³/mol. The quantitative estimate of drug-likeness (QED) is 0.559. The zero-order valence-electron chi connectivity index (χ0n) is 16.4. The minimum Gasteiger partial charge on any atom is -0.493 e. The number of thiazole rings is 1. The van der Waals surface area contributed by atoms with E-state index in [9.17, 15) is 24.1 Å². The summed E-state index contributed by atoms with van der Waals surface area (Å²) >= 11 is 1.01. The van der Waals surface area contributed by atoms with Crippen molar-refractivity contribution in [3.05, 3.63) is 43.3 Å². The molecule has 1 heterocycles. The highest BCUT2D eigenvalue weighted by Crippen LogP contribution is 2.29. The highest BCUT2D eigenvalue weighted by atomic mass is 32.1. The van der Waals surface area contributed by atoms with Crippen molar-refractivity contribution in [3.8, 4) is 23.6 Å². The van der Waals surface area contributed by atoms with E-state index in [0.717, 1.165) is 11.3 Å². The van der Waals surface area contributed by atoms with Gasteiger partial charge in [-0.25, -0.2) is 0 Å². The fourth-order valence-corrected chi connectivity index (χ4v) is 3.70. The number of nitrogens with zero attached hydrogens (tertiary/aromatic N) is 3. The van der Waals surface area contributed by atoms with Crippen molar-refractivity contribution in [2.75, 3.05) is 20.3 Å². The van der Waals surface area contributed by atoms with E-state index in [2.05, 4.69) is 4.74 Å². The van der Waals surface area contributed by atoms with E-state index in [0.29, 0.717) is 25.2 Å². The summed E-state index contributed by atoms with van der Waals surface area (Å²) in [6, 6.07) is 7.89. The maximum Gasteiger partial charge on any atom is 0.387 e. The van der Waals surface area contributed by atoms with Gasteiger partial charge in [0.15, 0.2) is 17.1 Å². The van der Waals surface area contributed by atoms with Crippen LogP contribution in [0, 0.1) is 22.7 Å². The lowest BCUT2D eigenvalue weighted by molar-refractivity contribution is -0.0512. The van der Waals surface area contributed by atoms with Crippen LogP contribution in [0.2, 0.25) is 0 Å². The third-order valence-electron chi connectivity index (χ3n) is 3.92. The molecule has 0 aliphatic carbocycles.